The predicted molar refractivity (Wildman–Crippen MR) is 174 cm³/mol. The quantitative estimate of drug-likeness (QED) is 0.394. The maximum atomic E-state index is 9.93. The highest BCUT2D eigenvalue weighted by atomic mass is 32.1. The zero-order chi connectivity index (χ0) is 31.1. The summed E-state index contributed by atoms with van der Waals surface area (Å²) in [7, 11) is 2.21. The smallest absolute Gasteiger partial charge is 0.319 e. The van der Waals surface area contributed by atoms with Crippen molar-refractivity contribution in [3.05, 3.63) is 28.0 Å². The fourth-order valence-corrected chi connectivity index (χ4v) is 9.03. The van der Waals surface area contributed by atoms with E-state index in [0.717, 1.165) is 87.8 Å². The van der Waals surface area contributed by atoms with Crippen LogP contribution in [0.4, 0.5) is 10.8 Å². The van der Waals surface area contributed by atoms with Crippen molar-refractivity contribution in [2.45, 2.75) is 82.4 Å². The number of nitrogens with one attached hydrogen (secondary N) is 1. The Morgan fingerprint density at radius 3 is 2.71 bits per heavy atom. The number of fused-ring (bicyclic) bond motifs is 1. The van der Waals surface area contributed by atoms with Gasteiger partial charge in [0.2, 0.25) is 11.7 Å². The molecular weight excluding hydrogens is 588 g/mol. The first-order valence-corrected chi connectivity index (χ1v) is 17.3. The Hall–Kier alpha value is -3.31. The first-order chi connectivity index (χ1) is 21.8. The van der Waals surface area contributed by atoms with E-state index in [9.17, 15) is 5.26 Å². The highest BCUT2D eigenvalue weighted by Gasteiger charge is 2.43. The molecule has 3 aliphatic heterocycles. The van der Waals surface area contributed by atoms with Gasteiger partial charge in [-0.05, 0) is 85.5 Å². The van der Waals surface area contributed by atoms with Crippen LogP contribution in [-0.2, 0) is 11.8 Å². The number of nitrogens with two attached hydrogens (primary N) is 1. The molecule has 3 saturated heterocycles. The van der Waals surface area contributed by atoms with E-state index >= 15 is 0 Å². The van der Waals surface area contributed by atoms with Gasteiger partial charge >= 0.3 is 6.01 Å². The highest BCUT2D eigenvalue weighted by Crippen LogP contribution is 2.48. The lowest BCUT2D eigenvalue weighted by Gasteiger charge is -2.39. The Bertz CT molecular complexity index is 1550. The van der Waals surface area contributed by atoms with Crippen LogP contribution in [0.3, 0.4) is 0 Å². The third-order valence-corrected chi connectivity index (χ3v) is 11.4. The van der Waals surface area contributed by atoms with Gasteiger partial charge in [0.1, 0.15) is 28.7 Å². The van der Waals surface area contributed by atoms with Crippen molar-refractivity contribution in [1.29, 1.82) is 5.26 Å². The number of anilines is 2. The second-order valence-electron chi connectivity index (χ2n) is 13.3. The van der Waals surface area contributed by atoms with Crippen molar-refractivity contribution in [1.82, 2.24) is 35.2 Å². The molecule has 3 aromatic rings. The van der Waals surface area contributed by atoms with Gasteiger partial charge in [-0.15, -0.1) is 11.3 Å². The SMILES string of the molecule is C[C@H](Oc1nc(-c2noc([C@@]3(C)CCCc4sc(N)c(C#N)c43)n2)cc(N2CCNCC2)n1)[C@@H]1CCCN1C1CCN(C)CC1. The topological polar surface area (TPSA) is 145 Å². The molecule has 0 unspecified atom stereocenters. The number of nitrogen functional groups attached to an aromatic ring is 1. The molecule has 0 amide bonds. The van der Waals surface area contributed by atoms with Gasteiger partial charge in [0, 0.05) is 54.8 Å². The van der Waals surface area contributed by atoms with Gasteiger partial charge in [-0.2, -0.15) is 20.2 Å². The maximum Gasteiger partial charge on any atom is 0.319 e. The number of nitriles is 1. The monoisotopic (exact) mass is 632 g/mol. The zero-order valence-corrected chi connectivity index (χ0v) is 27.4. The van der Waals surface area contributed by atoms with E-state index in [1.807, 2.05) is 6.07 Å². The summed E-state index contributed by atoms with van der Waals surface area (Å²) in [5.74, 6) is 1.67. The molecule has 7 rings (SSSR count). The van der Waals surface area contributed by atoms with E-state index in [4.69, 9.17) is 29.9 Å². The molecule has 3 fully saturated rings. The zero-order valence-electron chi connectivity index (χ0n) is 26.6. The molecule has 0 aromatic carbocycles. The van der Waals surface area contributed by atoms with Gasteiger partial charge in [0.25, 0.3) is 0 Å². The fraction of sp³-hybridized carbons (Fsp3) is 0.656. The van der Waals surface area contributed by atoms with Gasteiger partial charge in [-0.3, -0.25) is 4.90 Å². The number of rotatable bonds is 7. The lowest BCUT2D eigenvalue weighted by molar-refractivity contribution is 0.0475. The third-order valence-electron chi connectivity index (χ3n) is 10.3. The molecule has 240 valence electrons. The van der Waals surface area contributed by atoms with Crippen molar-refractivity contribution < 1.29 is 9.26 Å². The summed E-state index contributed by atoms with van der Waals surface area (Å²) in [4.78, 5) is 23.2. The van der Waals surface area contributed by atoms with Crippen molar-refractivity contribution >= 4 is 22.2 Å². The standard InChI is InChI=1S/C32H44N10O2S/c1-20(24-6-5-13-42(24)21-8-14-40(3)15-9-21)43-31-36-23(18-26(37-31)41-16-11-35-12-17-41)29-38-30(44-39-29)32(2)10-4-7-25-27(32)22(19-33)28(34)45-25/h18,20-21,24,35H,4-17,34H2,1-3H3/t20-,24-,32-/m0/s1. The molecule has 0 saturated carbocycles. The number of piperazine rings is 1. The van der Waals surface area contributed by atoms with Crippen molar-refractivity contribution in [3.63, 3.8) is 0 Å². The summed E-state index contributed by atoms with van der Waals surface area (Å²) < 4.78 is 12.6. The normalized spacial score (nSPS) is 25.6. The average molecular weight is 633 g/mol. The van der Waals surface area contributed by atoms with E-state index in [1.54, 1.807) is 0 Å². The van der Waals surface area contributed by atoms with Crippen LogP contribution in [0.5, 0.6) is 6.01 Å². The molecule has 12 nitrogen and oxygen atoms in total. The number of ether oxygens (including phenoxy) is 1. The number of nitrogens with zero attached hydrogens (tertiary/aromatic N) is 8. The third kappa shape index (κ3) is 5.78. The average Bonchev–Trinajstić information content (AvgIpc) is 3.81. The van der Waals surface area contributed by atoms with Crippen molar-refractivity contribution in [2.75, 3.05) is 63.5 Å². The van der Waals surface area contributed by atoms with E-state index in [-0.39, 0.29) is 6.10 Å². The van der Waals surface area contributed by atoms with Gasteiger partial charge in [0.15, 0.2) is 0 Å². The predicted octanol–water partition coefficient (Wildman–Crippen LogP) is 3.42. The minimum atomic E-state index is -0.597. The Morgan fingerprint density at radius 2 is 1.93 bits per heavy atom. The first-order valence-electron chi connectivity index (χ1n) is 16.5. The molecule has 1 aliphatic carbocycles. The van der Waals surface area contributed by atoms with Crippen LogP contribution in [0.2, 0.25) is 0 Å². The van der Waals surface area contributed by atoms with Gasteiger partial charge in [0.05, 0.1) is 11.0 Å². The van der Waals surface area contributed by atoms with E-state index < -0.39 is 5.41 Å². The highest BCUT2D eigenvalue weighted by molar-refractivity contribution is 7.16. The Morgan fingerprint density at radius 1 is 1.13 bits per heavy atom. The van der Waals surface area contributed by atoms with Crippen LogP contribution in [-0.4, -0.2) is 101 Å². The number of thiophene rings is 1. The molecule has 3 aromatic heterocycles. The summed E-state index contributed by atoms with van der Waals surface area (Å²) >= 11 is 1.50. The first kappa shape index (κ1) is 30.3. The molecule has 0 radical (unpaired) electrons. The second kappa shape index (κ2) is 12.5. The molecule has 6 heterocycles. The lowest BCUT2D eigenvalue weighted by Crippen LogP contribution is -2.50. The molecule has 0 bridgehead atoms. The molecule has 3 atom stereocenters. The molecule has 4 aliphatic rings. The number of likely N-dealkylation sites (tertiary alicyclic amines) is 2. The summed E-state index contributed by atoms with van der Waals surface area (Å²) in [6.07, 6.45) is 7.30. The van der Waals surface area contributed by atoms with E-state index in [2.05, 4.69) is 52.1 Å². The number of aromatic nitrogens is 4. The molecule has 0 spiro atoms. The Labute approximate surface area is 268 Å². The molecular formula is C32H44N10O2S. The second-order valence-corrected chi connectivity index (χ2v) is 14.4. The summed E-state index contributed by atoms with van der Waals surface area (Å²) in [6.45, 7) is 11.1. The summed E-state index contributed by atoms with van der Waals surface area (Å²) in [5, 5.41) is 18.3. The number of piperidine rings is 1. The van der Waals surface area contributed by atoms with E-state index in [1.165, 1.54) is 30.6 Å². The summed E-state index contributed by atoms with van der Waals surface area (Å²) in [6, 6.07) is 5.54. The van der Waals surface area contributed by atoms with Crippen molar-refractivity contribution in [2.24, 2.45) is 0 Å². The van der Waals surface area contributed by atoms with Gasteiger partial charge in [-0.25, -0.2) is 0 Å². The number of hydrogen-bond acceptors (Lipinski definition) is 13. The largest absolute Gasteiger partial charge is 0.459 e. The fourth-order valence-electron chi connectivity index (χ4n) is 7.84. The van der Waals surface area contributed by atoms with E-state index in [0.29, 0.717) is 46.1 Å². The van der Waals surface area contributed by atoms with Crippen LogP contribution in [0.15, 0.2) is 10.6 Å². The van der Waals surface area contributed by atoms with Gasteiger partial charge < -0.3 is 30.1 Å². The molecule has 13 heteroatoms. The lowest BCUT2D eigenvalue weighted by atomic mass is 9.72. The number of aryl methyl sites for hydroxylation is 1. The Balaban J connectivity index is 1.18. The van der Waals surface area contributed by atoms with Crippen LogP contribution in [0.1, 0.15) is 74.3 Å². The van der Waals surface area contributed by atoms with Crippen LogP contribution in [0.25, 0.3) is 11.5 Å². The Kier molecular flexibility index (Phi) is 8.41. The minimum absolute atomic E-state index is 0.0628. The van der Waals surface area contributed by atoms with Gasteiger partial charge in [-0.1, -0.05) is 5.16 Å². The van der Waals surface area contributed by atoms with Crippen LogP contribution < -0.4 is 20.7 Å². The maximum absolute atomic E-state index is 9.93. The van der Waals surface area contributed by atoms with Crippen LogP contribution >= 0.6 is 11.3 Å². The molecule has 45 heavy (non-hydrogen) atoms. The van der Waals surface area contributed by atoms with Crippen molar-refractivity contribution in [3.8, 4) is 23.6 Å². The van der Waals surface area contributed by atoms with Crippen LogP contribution in [0, 0.1) is 11.3 Å². The minimum Gasteiger partial charge on any atom is -0.459 e. The number of hydrogen-bond donors (Lipinski definition) is 2. The summed E-state index contributed by atoms with van der Waals surface area (Å²) in [5.41, 5.74) is 7.69. The molecule has 3 N–H and O–H groups in total.